The fourth-order valence-corrected chi connectivity index (χ4v) is 5.29. The number of nitrogens with one attached hydrogen (secondary N) is 2. The van der Waals surface area contributed by atoms with Gasteiger partial charge in [-0.1, -0.05) is 23.7 Å². The van der Waals surface area contributed by atoms with Crippen molar-refractivity contribution >= 4 is 34.9 Å². The minimum absolute atomic E-state index is 0.248. The van der Waals surface area contributed by atoms with Crippen molar-refractivity contribution in [2.75, 3.05) is 0 Å². The van der Waals surface area contributed by atoms with Gasteiger partial charge in [0.1, 0.15) is 28.9 Å². The van der Waals surface area contributed by atoms with E-state index in [1.54, 1.807) is 23.7 Å². The quantitative estimate of drug-likeness (QED) is 0.214. The molecule has 0 saturated carbocycles. The van der Waals surface area contributed by atoms with Crippen LogP contribution in [0, 0.1) is 20.8 Å². The summed E-state index contributed by atoms with van der Waals surface area (Å²) in [5.41, 5.74) is 6.75. The number of aromatic nitrogens is 5. The molecule has 0 saturated heterocycles. The maximum absolute atomic E-state index is 10.7. The predicted molar refractivity (Wildman–Crippen MR) is 133 cm³/mol. The lowest BCUT2D eigenvalue weighted by Crippen LogP contribution is -2.27. The van der Waals surface area contributed by atoms with Crippen molar-refractivity contribution in [2.24, 2.45) is 10.1 Å². The predicted octanol–water partition coefficient (Wildman–Crippen LogP) is 3.85. The molecular formula is C23H23ClN8OS. The van der Waals surface area contributed by atoms with Crippen LogP contribution in [0.25, 0.3) is 5.00 Å². The maximum atomic E-state index is 10.7. The van der Waals surface area contributed by atoms with Crippen LogP contribution in [0.5, 0.6) is 0 Å². The lowest BCUT2D eigenvalue weighted by Gasteiger charge is -2.16. The zero-order chi connectivity index (χ0) is 23.8. The molecule has 2 atom stereocenters. The first-order chi connectivity index (χ1) is 16.4. The molecule has 0 fully saturated rings. The summed E-state index contributed by atoms with van der Waals surface area (Å²) in [5, 5.41) is 25.3. The normalized spacial score (nSPS) is 16.1. The fourth-order valence-electron chi connectivity index (χ4n) is 3.95. The molecule has 1 aliphatic rings. The molecule has 3 aromatic heterocycles. The van der Waals surface area contributed by atoms with Gasteiger partial charge in [-0.15, -0.1) is 21.5 Å². The van der Waals surface area contributed by atoms with Gasteiger partial charge in [0, 0.05) is 39.8 Å². The molecule has 1 aliphatic heterocycles. The molecule has 0 aliphatic carbocycles. The molecule has 0 radical (unpaired) electrons. The number of H-pyrrole nitrogens is 1. The van der Waals surface area contributed by atoms with E-state index in [9.17, 15) is 5.11 Å². The summed E-state index contributed by atoms with van der Waals surface area (Å²) in [6, 6.07) is 7.20. The van der Waals surface area contributed by atoms with Gasteiger partial charge in [0.25, 0.3) is 0 Å². The number of hydrogen-bond donors (Lipinski definition) is 3. The molecule has 11 heteroatoms. The highest BCUT2D eigenvalue weighted by Crippen LogP contribution is 2.39. The van der Waals surface area contributed by atoms with Crippen LogP contribution in [0.3, 0.4) is 0 Å². The van der Waals surface area contributed by atoms with Crippen LogP contribution in [0.15, 0.2) is 46.8 Å². The summed E-state index contributed by atoms with van der Waals surface area (Å²) >= 11 is 7.85. The van der Waals surface area contributed by atoms with Gasteiger partial charge in [0.2, 0.25) is 0 Å². The number of aliphatic hydroxyl groups excluding tert-OH is 1. The van der Waals surface area contributed by atoms with E-state index in [4.69, 9.17) is 16.6 Å². The molecule has 4 heterocycles. The van der Waals surface area contributed by atoms with Crippen LogP contribution in [-0.4, -0.2) is 48.0 Å². The molecular weight excluding hydrogens is 472 g/mol. The Bertz CT molecular complexity index is 1370. The van der Waals surface area contributed by atoms with Crippen LogP contribution in [0.2, 0.25) is 5.02 Å². The molecule has 0 amide bonds. The number of aromatic amines is 1. The Kier molecular flexibility index (Phi) is 6.03. The number of benzene rings is 1. The van der Waals surface area contributed by atoms with Crippen LogP contribution < -0.4 is 5.43 Å². The summed E-state index contributed by atoms with van der Waals surface area (Å²) in [6.07, 6.45) is 4.13. The van der Waals surface area contributed by atoms with Gasteiger partial charge in [-0.05, 0) is 38.5 Å². The van der Waals surface area contributed by atoms with Gasteiger partial charge < -0.3 is 10.1 Å². The largest absolute Gasteiger partial charge is 0.372 e. The van der Waals surface area contributed by atoms with E-state index in [1.165, 1.54) is 11.1 Å². The molecule has 9 nitrogen and oxygen atoms in total. The third kappa shape index (κ3) is 4.15. The van der Waals surface area contributed by atoms with Crippen molar-refractivity contribution in [1.29, 1.82) is 0 Å². The van der Waals surface area contributed by atoms with Gasteiger partial charge in [-0.25, -0.2) is 4.98 Å². The van der Waals surface area contributed by atoms with Crippen molar-refractivity contribution in [3.05, 3.63) is 80.7 Å². The smallest absolute Gasteiger partial charge is 0.163 e. The molecule has 3 N–H and O–H groups in total. The highest BCUT2D eigenvalue weighted by Gasteiger charge is 2.32. The number of nitrogens with zero attached hydrogens (tertiary/aromatic N) is 6. The third-order valence-corrected chi connectivity index (χ3v) is 7.18. The number of fused-ring (bicyclic) bond motifs is 3. The van der Waals surface area contributed by atoms with Gasteiger partial charge in [-0.2, -0.15) is 5.10 Å². The van der Waals surface area contributed by atoms with E-state index in [2.05, 4.69) is 49.1 Å². The van der Waals surface area contributed by atoms with E-state index in [0.29, 0.717) is 16.7 Å². The van der Waals surface area contributed by atoms with Crippen LogP contribution >= 0.6 is 22.9 Å². The van der Waals surface area contributed by atoms with Crippen LogP contribution in [0.4, 0.5) is 0 Å². The number of aryl methyl sites for hydroxylation is 2. The Balaban J connectivity index is 1.56. The first-order valence-electron chi connectivity index (χ1n) is 10.7. The molecule has 1 unspecified atom stereocenters. The second-order valence-corrected chi connectivity index (χ2v) is 9.66. The molecule has 1 aromatic carbocycles. The van der Waals surface area contributed by atoms with Crippen molar-refractivity contribution in [3.8, 4) is 5.00 Å². The van der Waals surface area contributed by atoms with Gasteiger partial charge in [-0.3, -0.25) is 15.0 Å². The Labute approximate surface area is 205 Å². The van der Waals surface area contributed by atoms with E-state index in [0.717, 1.165) is 33.2 Å². The Morgan fingerprint density at radius 2 is 2.06 bits per heavy atom. The average molecular weight is 495 g/mol. The highest BCUT2D eigenvalue weighted by atomic mass is 35.5. The third-order valence-electron chi connectivity index (χ3n) is 5.73. The fraction of sp³-hybridized carbons (Fsp3) is 0.261. The SMILES string of the molecule is Cc1sc2c(c1C)C(c1ccc(Cl)cc1)=N[C@@H](CC(O)N/N=C/c1ncc[nH]1)c1nnc(C)n1-2. The van der Waals surface area contributed by atoms with E-state index >= 15 is 0 Å². The number of aliphatic imine (C=N–C) groups is 1. The van der Waals surface area contributed by atoms with Crippen molar-refractivity contribution < 1.29 is 5.11 Å². The minimum atomic E-state index is -0.962. The van der Waals surface area contributed by atoms with E-state index in [1.807, 2.05) is 31.2 Å². The van der Waals surface area contributed by atoms with Crippen LogP contribution in [-0.2, 0) is 0 Å². The van der Waals surface area contributed by atoms with Gasteiger partial charge in [0.05, 0.1) is 11.9 Å². The second-order valence-electron chi connectivity index (χ2n) is 8.02. The van der Waals surface area contributed by atoms with Gasteiger partial charge in [0.15, 0.2) is 5.82 Å². The average Bonchev–Trinajstić information content (AvgIpc) is 3.51. The molecule has 34 heavy (non-hydrogen) atoms. The highest BCUT2D eigenvalue weighted by molar-refractivity contribution is 7.15. The van der Waals surface area contributed by atoms with E-state index in [-0.39, 0.29) is 6.42 Å². The number of aliphatic hydroxyl groups is 1. The Morgan fingerprint density at radius 1 is 1.26 bits per heavy atom. The molecule has 0 spiro atoms. The van der Waals surface area contributed by atoms with Gasteiger partial charge >= 0.3 is 0 Å². The molecule has 4 aromatic rings. The summed E-state index contributed by atoms with van der Waals surface area (Å²) in [4.78, 5) is 13.3. The molecule has 174 valence electrons. The first kappa shape index (κ1) is 22.5. The summed E-state index contributed by atoms with van der Waals surface area (Å²) in [6.45, 7) is 6.14. The molecule has 5 rings (SSSR count). The summed E-state index contributed by atoms with van der Waals surface area (Å²) < 4.78 is 2.05. The lowest BCUT2D eigenvalue weighted by molar-refractivity contribution is 0.121. The number of hydrazone groups is 1. The first-order valence-corrected chi connectivity index (χ1v) is 11.9. The zero-order valence-corrected chi connectivity index (χ0v) is 20.4. The monoisotopic (exact) mass is 494 g/mol. The van der Waals surface area contributed by atoms with Crippen molar-refractivity contribution in [1.82, 2.24) is 30.2 Å². The summed E-state index contributed by atoms with van der Waals surface area (Å²) in [7, 11) is 0. The molecule has 0 bridgehead atoms. The summed E-state index contributed by atoms with van der Waals surface area (Å²) in [5.74, 6) is 2.04. The number of hydrogen-bond acceptors (Lipinski definition) is 8. The number of thiophene rings is 1. The standard InChI is InChI=1S/C23H23ClN8OS/c1-12-13(2)34-23-20(12)21(15-4-6-16(24)7-5-15)28-17(22-31-29-14(3)32(22)23)10-19(33)30-27-11-18-25-8-9-26-18/h4-9,11,17,19,30,33H,10H2,1-3H3,(H,25,26)/b27-11+/t17-,19?/m0/s1. The zero-order valence-electron chi connectivity index (χ0n) is 18.8. The number of halogens is 1. The maximum Gasteiger partial charge on any atom is 0.163 e. The lowest BCUT2D eigenvalue weighted by atomic mass is 9.99. The van der Waals surface area contributed by atoms with Crippen molar-refractivity contribution in [3.63, 3.8) is 0 Å². The van der Waals surface area contributed by atoms with Crippen LogP contribution in [0.1, 0.15) is 51.5 Å². The topological polar surface area (TPSA) is 116 Å². The Hall–Kier alpha value is -3.34. The minimum Gasteiger partial charge on any atom is -0.372 e. The Morgan fingerprint density at radius 3 is 2.79 bits per heavy atom. The van der Waals surface area contributed by atoms with E-state index < -0.39 is 12.3 Å². The number of rotatable bonds is 6. The number of imidazole rings is 1. The van der Waals surface area contributed by atoms with Crippen molar-refractivity contribution in [2.45, 2.75) is 39.5 Å². The second kappa shape index (κ2) is 9.13.